The number of carbonyl (C=O) groups excluding carboxylic acids is 1. The minimum absolute atomic E-state index is 0.0880. The number of nitrogens with zero attached hydrogens (tertiary/aromatic N) is 2. The Labute approximate surface area is 182 Å². The summed E-state index contributed by atoms with van der Waals surface area (Å²) in [5.74, 6) is 0.698. The van der Waals surface area contributed by atoms with E-state index in [1.807, 2.05) is 66.5 Å². The number of ether oxygens (including phenoxy) is 1. The highest BCUT2D eigenvalue weighted by atomic mass is 35.5. The quantitative estimate of drug-likeness (QED) is 0.610. The molecular weight excluding hydrogens is 398 g/mol. The van der Waals surface area contributed by atoms with E-state index >= 15 is 0 Å². The predicted octanol–water partition coefficient (Wildman–Crippen LogP) is 5.25. The number of amides is 1. The van der Waals surface area contributed by atoms with Gasteiger partial charge in [-0.2, -0.15) is 0 Å². The molecule has 1 aromatic heterocycles. The van der Waals surface area contributed by atoms with Crippen LogP contribution in [0.2, 0.25) is 5.02 Å². The second-order valence-corrected chi connectivity index (χ2v) is 7.94. The Morgan fingerprint density at radius 2 is 1.73 bits per heavy atom. The van der Waals surface area contributed by atoms with E-state index in [9.17, 15) is 4.79 Å². The number of para-hydroxylation sites is 1. The lowest BCUT2D eigenvalue weighted by Gasteiger charge is -2.26. The van der Waals surface area contributed by atoms with Gasteiger partial charge in [0.15, 0.2) is 0 Å². The zero-order chi connectivity index (χ0) is 21.1. The average molecular weight is 424 g/mol. The summed E-state index contributed by atoms with van der Waals surface area (Å²) in [7, 11) is 1.65. The molecule has 3 aromatic rings. The molecule has 5 nitrogen and oxygen atoms in total. The molecule has 0 unspecified atom stereocenters. The maximum absolute atomic E-state index is 13.1. The van der Waals surface area contributed by atoms with Gasteiger partial charge in [0.05, 0.1) is 29.1 Å². The fraction of sp³-hybridized carbons (Fsp3) is 0.292. The number of methoxy groups -OCH3 is 1. The fourth-order valence-corrected chi connectivity index (χ4v) is 4.18. The molecule has 1 aliphatic heterocycles. The van der Waals surface area contributed by atoms with Gasteiger partial charge in [-0.1, -0.05) is 30.2 Å². The van der Waals surface area contributed by atoms with Gasteiger partial charge in [-0.15, -0.1) is 0 Å². The summed E-state index contributed by atoms with van der Waals surface area (Å²) in [6, 6.07) is 17.5. The van der Waals surface area contributed by atoms with E-state index < -0.39 is 0 Å². The minimum Gasteiger partial charge on any atom is -0.497 e. The van der Waals surface area contributed by atoms with Crippen molar-refractivity contribution in [1.29, 1.82) is 0 Å². The Morgan fingerprint density at radius 1 is 1.03 bits per heavy atom. The summed E-state index contributed by atoms with van der Waals surface area (Å²) in [5, 5.41) is 2.65. The van der Waals surface area contributed by atoms with Crippen molar-refractivity contribution in [3.05, 3.63) is 70.9 Å². The highest BCUT2D eigenvalue weighted by molar-refractivity contribution is 6.32. The third-order valence-electron chi connectivity index (χ3n) is 5.59. The SMILES string of the molecule is COc1ccc(-c2cc(C(=O)NN3CCCCC3)c(C)n2-c2ccccc2Cl)cc1. The molecule has 0 spiro atoms. The first-order valence-electron chi connectivity index (χ1n) is 10.3. The van der Waals surface area contributed by atoms with Crippen LogP contribution in [0, 0.1) is 6.92 Å². The van der Waals surface area contributed by atoms with E-state index in [1.165, 1.54) is 6.42 Å². The van der Waals surface area contributed by atoms with Crippen LogP contribution in [0.3, 0.4) is 0 Å². The third-order valence-corrected chi connectivity index (χ3v) is 5.91. The van der Waals surface area contributed by atoms with Crippen molar-refractivity contribution in [3.8, 4) is 22.7 Å². The molecule has 6 heteroatoms. The van der Waals surface area contributed by atoms with E-state index in [4.69, 9.17) is 16.3 Å². The van der Waals surface area contributed by atoms with Crippen LogP contribution < -0.4 is 10.2 Å². The van der Waals surface area contributed by atoms with Gasteiger partial charge in [0.2, 0.25) is 0 Å². The second-order valence-electron chi connectivity index (χ2n) is 7.53. The molecule has 156 valence electrons. The Kier molecular flexibility index (Phi) is 6.11. The number of aromatic nitrogens is 1. The van der Waals surface area contributed by atoms with Gasteiger partial charge < -0.3 is 9.30 Å². The van der Waals surface area contributed by atoms with Crippen LogP contribution in [-0.2, 0) is 0 Å². The number of hydrazine groups is 1. The Morgan fingerprint density at radius 3 is 2.40 bits per heavy atom. The summed E-state index contributed by atoms with van der Waals surface area (Å²) < 4.78 is 7.34. The molecule has 0 aliphatic carbocycles. The highest BCUT2D eigenvalue weighted by Gasteiger charge is 2.22. The number of nitrogens with one attached hydrogen (secondary N) is 1. The third kappa shape index (κ3) is 4.09. The summed E-state index contributed by atoms with van der Waals surface area (Å²) in [4.78, 5) is 13.1. The largest absolute Gasteiger partial charge is 0.497 e. The monoisotopic (exact) mass is 423 g/mol. The number of hydrogen-bond acceptors (Lipinski definition) is 3. The molecular formula is C24H26ClN3O2. The summed E-state index contributed by atoms with van der Waals surface area (Å²) in [6.45, 7) is 3.74. The molecule has 0 bridgehead atoms. The molecule has 2 aromatic carbocycles. The second kappa shape index (κ2) is 8.94. The summed E-state index contributed by atoms with van der Waals surface area (Å²) in [6.07, 6.45) is 3.43. The Balaban J connectivity index is 1.78. The topological polar surface area (TPSA) is 46.5 Å². The van der Waals surface area contributed by atoms with Crippen molar-refractivity contribution < 1.29 is 9.53 Å². The Hall–Kier alpha value is -2.76. The normalized spacial score (nSPS) is 14.5. The molecule has 0 saturated carbocycles. The number of hydrogen-bond donors (Lipinski definition) is 1. The van der Waals surface area contributed by atoms with Crippen molar-refractivity contribution >= 4 is 17.5 Å². The molecule has 0 atom stereocenters. The van der Waals surface area contributed by atoms with Crippen LogP contribution in [0.5, 0.6) is 5.75 Å². The smallest absolute Gasteiger partial charge is 0.267 e. The maximum atomic E-state index is 13.1. The van der Waals surface area contributed by atoms with Crippen LogP contribution in [0.1, 0.15) is 35.3 Å². The number of piperidine rings is 1. The van der Waals surface area contributed by atoms with Crippen LogP contribution in [0.15, 0.2) is 54.6 Å². The molecule has 1 fully saturated rings. The van der Waals surface area contributed by atoms with Gasteiger partial charge in [-0.3, -0.25) is 10.2 Å². The zero-order valence-electron chi connectivity index (χ0n) is 17.3. The van der Waals surface area contributed by atoms with Gasteiger partial charge >= 0.3 is 0 Å². The van der Waals surface area contributed by atoms with Gasteiger partial charge in [-0.05, 0) is 67.8 Å². The van der Waals surface area contributed by atoms with Crippen LogP contribution in [-0.4, -0.2) is 35.7 Å². The highest BCUT2D eigenvalue weighted by Crippen LogP contribution is 2.33. The molecule has 30 heavy (non-hydrogen) atoms. The molecule has 1 amide bonds. The van der Waals surface area contributed by atoms with Crippen molar-refractivity contribution in [3.63, 3.8) is 0 Å². The van der Waals surface area contributed by atoms with E-state index in [0.717, 1.165) is 54.3 Å². The number of rotatable bonds is 5. The molecule has 0 radical (unpaired) electrons. The summed E-state index contributed by atoms with van der Waals surface area (Å²) in [5.41, 5.74) is 7.31. The lowest BCUT2D eigenvalue weighted by molar-refractivity contribution is 0.0749. The maximum Gasteiger partial charge on any atom is 0.267 e. The first-order valence-corrected chi connectivity index (χ1v) is 10.6. The number of benzene rings is 2. The van der Waals surface area contributed by atoms with E-state index in [2.05, 4.69) is 9.99 Å². The first-order chi connectivity index (χ1) is 14.6. The van der Waals surface area contributed by atoms with Crippen molar-refractivity contribution in [2.45, 2.75) is 26.2 Å². The summed E-state index contributed by atoms with van der Waals surface area (Å²) >= 11 is 6.53. The van der Waals surface area contributed by atoms with Gasteiger partial charge in [0.25, 0.3) is 5.91 Å². The number of halogens is 1. The van der Waals surface area contributed by atoms with Crippen LogP contribution >= 0.6 is 11.6 Å². The van der Waals surface area contributed by atoms with Gasteiger partial charge in [0.1, 0.15) is 5.75 Å². The minimum atomic E-state index is -0.0880. The zero-order valence-corrected chi connectivity index (χ0v) is 18.1. The lowest BCUT2D eigenvalue weighted by Crippen LogP contribution is -2.45. The average Bonchev–Trinajstić information content (AvgIpc) is 3.12. The van der Waals surface area contributed by atoms with Crippen LogP contribution in [0.25, 0.3) is 16.9 Å². The van der Waals surface area contributed by atoms with E-state index in [0.29, 0.717) is 10.6 Å². The fourth-order valence-electron chi connectivity index (χ4n) is 3.96. The molecule has 1 N–H and O–H groups in total. The molecule has 1 saturated heterocycles. The van der Waals surface area contributed by atoms with E-state index in [-0.39, 0.29) is 5.91 Å². The van der Waals surface area contributed by atoms with E-state index in [1.54, 1.807) is 7.11 Å². The van der Waals surface area contributed by atoms with Crippen molar-refractivity contribution in [2.24, 2.45) is 0 Å². The predicted molar refractivity (Wildman–Crippen MR) is 120 cm³/mol. The number of carbonyl (C=O) groups is 1. The van der Waals surface area contributed by atoms with Crippen molar-refractivity contribution in [2.75, 3.05) is 20.2 Å². The van der Waals surface area contributed by atoms with Crippen molar-refractivity contribution in [1.82, 2.24) is 15.0 Å². The molecule has 1 aliphatic rings. The van der Waals surface area contributed by atoms with Crippen LogP contribution in [0.4, 0.5) is 0 Å². The van der Waals surface area contributed by atoms with Gasteiger partial charge in [-0.25, -0.2) is 5.01 Å². The Bertz CT molecular complexity index is 1040. The first kappa shape index (κ1) is 20.5. The standard InChI is InChI=1S/C24H26ClN3O2/c1-17-20(24(29)26-27-14-6-3-7-15-27)16-23(18-10-12-19(30-2)13-11-18)28(17)22-9-5-4-8-21(22)25/h4-5,8-13,16H,3,6-7,14-15H2,1-2H3,(H,26,29). The molecule has 4 rings (SSSR count). The van der Waals surface area contributed by atoms with Gasteiger partial charge in [0, 0.05) is 18.8 Å². The lowest BCUT2D eigenvalue weighted by atomic mass is 10.1. The molecule has 2 heterocycles.